The molecule has 0 atom stereocenters. The molecular weight excluding hydrogens is 312 g/mol. The zero-order valence-corrected chi connectivity index (χ0v) is 14.2. The lowest BCUT2D eigenvalue weighted by Crippen LogP contribution is -2.17. The normalized spacial score (nSPS) is 13.6. The molecule has 4 heterocycles. The molecule has 124 valence electrons. The Hall–Kier alpha value is -3.15. The zero-order chi connectivity index (χ0) is 17.0. The van der Waals surface area contributed by atoms with Crippen LogP contribution in [0.1, 0.15) is 16.8 Å². The lowest BCUT2D eigenvalue weighted by Gasteiger charge is -2.18. The van der Waals surface area contributed by atoms with Crippen molar-refractivity contribution in [3.05, 3.63) is 65.6 Å². The van der Waals surface area contributed by atoms with Gasteiger partial charge in [-0.05, 0) is 18.1 Å². The first-order chi connectivity index (χ1) is 12.2. The standard InChI is InChI=1S/C19H18N6/c1-13-7-19-21-18(24-11-14-5-3-4-6-15(14)12-24)8-17(25(19)22-13)16-9-20-23(2)10-16/h3-10H,11-12H2,1-2H3. The summed E-state index contributed by atoms with van der Waals surface area (Å²) >= 11 is 0. The van der Waals surface area contributed by atoms with E-state index in [0.717, 1.165) is 41.5 Å². The topological polar surface area (TPSA) is 51.2 Å². The summed E-state index contributed by atoms with van der Waals surface area (Å²) in [4.78, 5) is 7.17. The number of fused-ring (bicyclic) bond motifs is 2. The molecule has 3 aromatic heterocycles. The minimum atomic E-state index is 0.866. The lowest BCUT2D eigenvalue weighted by molar-refractivity contribution is 0.768. The number of aromatic nitrogens is 5. The summed E-state index contributed by atoms with van der Waals surface area (Å²) in [5.74, 6) is 0.974. The van der Waals surface area contributed by atoms with Gasteiger partial charge in [-0.1, -0.05) is 24.3 Å². The van der Waals surface area contributed by atoms with Gasteiger partial charge >= 0.3 is 0 Å². The second kappa shape index (κ2) is 5.17. The molecule has 25 heavy (non-hydrogen) atoms. The third kappa shape index (κ3) is 2.29. The van der Waals surface area contributed by atoms with Crippen LogP contribution in [0.5, 0.6) is 0 Å². The van der Waals surface area contributed by atoms with Crippen molar-refractivity contribution in [2.45, 2.75) is 20.0 Å². The summed E-state index contributed by atoms with van der Waals surface area (Å²) < 4.78 is 3.71. The van der Waals surface area contributed by atoms with E-state index in [0.29, 0.717) is 0 Å². The average molecular weight is 330 g/mol. The minimum absolute atomic E-state index is 0.866. The lowest BCUT2D eigenvalue weighted by atomic mass is 10.1. The van der Waals surface area contributed by atoms with E-state index in [1.165, 1.54) is 11.1 Å². The highest BCUT2D eigenvalue weighted by Crippen LogP contribution is 2.30. The van der Waals surface area contributed by atoms with Crippen LogP contribution in [0.3, 0.4) is 0 Å². The Bertz CT molecular complexity index is 1070. The Balaban J connectivity index is 1.65. The maximum atomic E-state index is 4.85. The number of hydrogen-bond acceptors (Lipinski definition) is 4. The molecule has 0 aliphatic carbocycles. The van der Waals surface area contributed by atoms with Crippen LogP contribution in [-0.4, -0.2) is 24.4 Å². The Morgan fingerprint density at radius 2 is 1.80 bits per heavy atom. The molecule has 0 spiro atoms. The van der Waals surface area contributed by atoms with E-state index in [1.54, 1.807) is 0 Å². The van der Waals surface area contributed by atoms with Crippen molar-refractivity contribution >= 4 is 11.5 Å². The molecule has 0 bridgehead atoms. The highest BCUT2D eigenvalue weighted by molar-refractivity contribution is 5.67. The Morgan fingerprint density at radius 3 is 2.48 bits per heavy atom. The van der Waals surface area contributed by atoms with Crippen LogP contribution in [0.4, 0.5) is 5.82 Å². The van der Waals surface area contributed by atoms with E-state index in [1.807, 2.05) is 41.6 Å². The Morgan fingerprint density at radius 1 is 1.04 bits per heavy atom. The van der Waals surface area contributed by atoms with Gasteiger partial charge in [0, 0.05) is 44.0 Å². The van der Waals surface area contributed by atoms with Gasteiger partial charge in [0.05, 0.1) is 17.6 Å². The first-order valence-corrected chi connectivity index (χ1v) is 8.35. The van der Waals surface area contributed by atoms with Crippen molar-refractivity contribution in [2.24, 2.45) is 7.05 Å². The molecular formula is C19H18N6. The number of benzene rings is 1. The van der Waals surface area contributed by atoms with Crippen LogP contribution in [0, 0.1) is 6.92 Å². The molecule has 6 nitrogen and oxygen atoms in total. The van der Waals surface area contributed by atoms with Gasteiger partial charge in [-0.25, -0.2) is 9.50 Å². The third-order valence-corrected chi connectivity index (χ3v) is 4.70. The summed E-state index contributed by atoms with van der Waals surface area (Å²) in [5.41, 5.74) is 6.62. The second-order valence-electron chi connectivity index (χ2n) is 6.58. The minimum Gasteiger partial charge on any atom is -0.348 e. The molecule has 0 saturated carbocycles. The second-order valence-corrected chi connectivity index (χ2v) is 6.58. The molecule has 5 rings (SSSR count). The average Bonchev–Trinajstić information content (AvgIpc) is 3.30. The fourth-order valence-corrected chi connectivity index (χ4v) is 3.49. The number of anilines is 1. The number of hydrogen-bond donors (Lipinski definition) is 0. The largest absolute Gasteiger partial charge is 0.348 e. The number of rotatable bonds is 2. The number of nitrogens with zero attached hydrogens (tertiary/aromatic N) is 6. The van der Waals surface area contributed by atoms with E-state index in [4.69, 9.17) is 4.98 Å². The van der Waals surface area contributed by atoms with E-state index in [-0.39, 0.29) is 0 Å². The van der Waals surface area contributed by atoms with Gasteiger partial charge in [0.1, 0.15) is 5.82 Å². The molecule has 0 fully saturated rings. The quantitative estimate of drug-likeness (QED) is 0.567. The van der Waals surface area contributed by atoms with E-state index < -0.39 is 0 Å². The molecule has 0 saturated heterocycles. The molecule has 1 aromatic carbocycles. The predicted molar refractivity (Wildman–Crippen MR) is 96.3 cm³/mol. The summed E-state index contributed by atoms with van der Waals surface area (Å²) in [5, 5.41) is 8.91. The molecule has 0 N–H and O–H groups in total. The van der Waals surface area contributed by atoms with Crippen LogP contribution in [0.2, 0.25) is 0 Å². The highest BCUT2D eigenvalue weighted by Gasteiger charge is 2.21. The SMILES string of the molecule is Cc1cc2nc(N3Cc4ccccc4C3)cc(-c3cnn(C)c3)n2n1. The van der Waals surface area contributed by atoms with E-state index >= 15 is 0 Å². The smallest absolute Gasteiger partial charge is 0.158 e. The van der Waals surface area contributed by atoms with Gasteiger partial charge in [-0.2, -0.15) is 10.2 Å². The van der Waals surface area contributed by atoms with Crippen molar-refractivity contribution in [3.8, 4) is 11.3 Å². The molecule has 1 aliphatic rings. The van der Waals surface area contributed by atoms with Gasteiger partial charge in [-0.15, -0.1) is 0 Å². The fraction of sp³-hybridized carbons (Fsp3) is 0.211. The fourth-order valence-electron chi connectivity index (χ4n) is 3.49. The van der Waals surface area contributed by atoms with Crippen LogP contribution in [0.15, 0.2) is 48.8 Å². The van der Waals surface area contributed by atoms with Crippen molar-refractivity contribution in [1.82, 2.24) is 24.4 Å². The van der Waals surface area contributed by atoms with Gasteiger partial charge < -0.3 is 4.90 Å². The summed E-state index contributed by atoms with van der Waals surface area (Å²) in [6.45, 7) is 3.77. The monoisotopic (exact) mass is 330 g/mol. The summed E-state index contributed by atoms with van der Waals surface area (Å²) in [6.07, 6.45) is 3.88. The molecule has 1 aliphatic heterocycles. The van der Waals surface area contributed by atoms with Gasteiger partial charge in [0.25, 0.3) is 0 Å². The van der Waals surface area contributed by atoms with Crippen molar-refractivity contribution < 1.29 is 0 Å². The Labute approximate surface area is 145 Å². The van der Waals surface area contributed by atoms with Gasteiger partial charge in [0.2, 0.25) is 0 Å². The summed E-state index contributed by atoms with van der Waals surface area (Å²) in [7, 11) is 1.92. The van der Waals surface area contributed by atoms with E-state index in [2.05, 4.69) is 45.4 Å². The van der Waals surface area contributed by atoms with Gasteiger partial charge in [-0.3, -0.25) is 4.68 Å². The van der Waals surface area contributed by atoms with Crippen molar-refractivity contribution in [1.29, 1.82) is 0 Å². The van der Waals surface area contributed by atoms with Crippen molar-refractivity contribution in [3.63, 3.8) is 0 Å². The predicted octanol–water partition coefficient (Wildman–Crippen LogP) is 2.96. The van der Waals surface area contributed by atoms with Gasteiger partial charge in [0.15, 0.2) is 5.65 Å². The maximum absolute atomic E-state index is 4.85. The highest BCUT2D eigenvalue weighted by atomic mass is 15.3. The Kier molecular flexibility index (Phi) is 2.94. The summed E-state index contributed by atoms with van der Waals surface area (Å²) in [6, 6.07) is 12.7. The molecule has 0 amide bonds. The molecule has 4 aromatic rings. The first-order valence-electron chi connectivity index (χ1n) is 8.35. The van der Waals surface area contributed by atoms with Crippen LogP contribution >= 0.6 is 0 Å². The number of aryl methyl sites for hydroxylation is 2. The molecule has 0 unspecified atom stereocenters. The van der Waals surface area contributed by atoms with E-state index in [9.17, 15) is 0 Å². The van der Waals surface area contributed by atoms with Crippen molar-refractivity contribution in [2.75, 3.05) is 4.90 Å². The van der Waals surface area contributed by atoms with Crippen LogP contribution in [-0.2, 0) is 20.1 Å². The third-order valence-electron chi connectivity index (χ3n) is 4.70. The van der Waals surface area contributed by atoms with Crippen LogP contribution < -0.4 is 4.90 Å². The molecule has 6 heteroatoms. The first kappa shape index (κ1) is 14.2. The zero-order valence-electron chi connectivity index (χ0n) is 14.2. The maximum Gasteiger partial charge on any atom is 0.158 e. The van der Waals surface area contributed by atoms with Crippen LogP contribution in [0.25, 0.3) is 16.9 Å². The molecule has 0 radical (unpaired) electrons.